The summed E-state index contributed by atoms with van der Waals surface area (Å²) in [5, 5.41) is 17.9. The van der Waals surface area contributed by atoms with Crippen LogP contribution in [0.4, 0.5) is 4.39 Å². The zero-order chi connectivity index (χ0) is 22.8. The van der Waals surface area contributed by atoms with Crippen molar-refractivity contribution in [1.29, 1.82) is 0 Å². The van der Waals surface area contributed by atoms with Gasteiger partial charge in [-0.3, -0.25) is 19.6 Å². The van der Waals surface area contributed by atoms with Crippen molar-refractivity contribution in [2.45, 2.75) is 26.3 Å². The molecule has 2 saturated heterocycles. The number of likely N-dealkylation sites (tertiary alicyclic amines) is 1. The van der Waals surface area contributed by atoms with Crippen molar-refractivity contribution in [1.82, 2.24) is 20.0 Å². The van der Waals surface area contributed by atoms with Crippen molar-refractivity contribution in [3.05, 3.63) is 58.2 Å². The van der Waals surface area contributed by atoms with Crippen LogP contribution < -0.4 is 0 Å². The van der Waals surface area contributed by atoms with Crippen molar-refractivity contribution in [3.8, 4) is 0 Å². The number of hydrogen-bond acceptors (Lipinski definition) is 6. The van der Waals surface area contributed by atoms with Crippen molar-refractivity contribution in [2.75, 3.05) is 39.4 Å². The van der Waals surface area contributed by atoms with Crippen molar-refractivity contribution >= 4 is 17.4 Å². The Morgan fingerprint density at radius 2 is 1.94 bits per heavy atom. The molecule has 0 spiro atoms. The van der Waals surface area contributed by atoms with Crippen LogP contribution in [0.1, 0.15) is 35.0 Å². The lowest BCUT2D eigenvalue weighted by atomic mass is 9.94. The van der Waals surface area contributed by atoms with Crippen molar-refractivity contribution in [3.63, 3.8) is 0 Å². The number of nitrogens with one attached hydrogen (secondary N) is 1. The molecule has 2 aromatic rings. The zero-order valence-electron chi connectivity index (χ0n) is 18.2. The average molecular weight is 442 g/mol. The van der Waals surface area contributed by atoms with Crippen LogP contribution in [-0.2, 0) is 14.3 Å². The van der Waals surface area contributed by atoms with E-state index in [1.165, 1.54) is 11.0 Å². The molecule has 2 aliphatic rings. The number of carbonyl (C=O) groups is 2. The number of hydrogen-bond donors (Lipinski definition) is 2. The van der Waals surface area contributed by atoms with Gasteiger partial charge in [-0.2, -0.15) is 5.10 Å². The molecule has 3 heterocycles. The van der Waals surface area contributed by atoms with Gasteiger partial charge in [0.15, 0.2) is 0 Å². The summed E-state index contributed by atoms with van der Waals surface area (Å²) in [6.45, 7) is 7.37. The lowest BCUT2D eigenvalue weighted by Gasteiger charge is -2.29. The second-order valence-corrected chi connectivity index (χ2v) is 8.13. The Morgan fingerprint density at radius 1 is 1.22 bits per heavy atom. The van der Waals surface area contributed by atoms with Crippen LogP contribution >= 0.6 is 0 Å². The highest BCUT2D eigenvalue weighted by atomic mass is 19.1. The minimum atomic E-state index is -1.01. The van der Waals surface area contributed by atoms with Gasteiger partial charge >= 0.3 is 0 Å². The van der Waals surface area contributed by atoms with Gasteiger partial charge in [0, 0.05) is 37.4 Å². The number of aryl methyl sites for hydroxylation is 2. The SMILES string of the molecule is Cc1n[nH]c(C)c1/C(O)=C1\C(=O)C(=O)N(CCCN2CCOCC2)[C@@H]1c1ccccc1F. The van der Waals surface area contributed by atoms with E-state index in [1.54, 1.807) is 32.0 Å². The average Bonchev–Trinajstić information content (AvgIpc) is 3.25. The van der Waals surface area contributed by atoms with Gasteiger partial charge in [0.25, 0.3) is 11.7 Å². The summed E-state index contributed by atoms with van der Waals surface area (Å²) >= 11 is 0. The highest BCUT2D eigenvalue weighted by molar-refractivity contribution is 6.46. The molecule has 32 heavy (non-hydrogen) atoms. The number of halogens is 1. The fourth-order valence-electron chi connectivity index (χ4n) is 4.45. The van der Waals surface area contributed by atoms with E-state index in [0.29, 0.717) is 36.6 Å². The predicted octanol–water partition coefficient (Wildman–Crippen LogP) is 2.31. The number of aliphatic hydroxyl groups excluding tert-OH is 1. The van der Waals surface area contributed by atoms with Gasteiger partial charge in [-0.25, -0.2) is 4.39 Å². The Kier molecular flexibility index (Phi) is 6.38. The number of ether oxygens (including phenoxy) is 1. The lowest BCUT2D eigenvalue weighted by Crippen LogP contribution is -2.39. The molecule has 0 bridgehead atoms. The van der Waals surface area contributed by atoms with Crippen LogP contribution in [0, 0.1) is 19.7 Å². The fourth-order valence-corrected chi connectivity index (χ4v) is 4.45. The van der Waals surface area contributed by atoms with E-state index < -0.39 is 23.5 Å². The zero-order valence-corrected chi connectivity index (χ0v) is 18.2. The number of aromatic nitrogens is 2. The van der Waals surface area contributed by atoms with Gasteiger partial charge in [-0.15, -0.1) is 0 Å². The van der Waals surface area contributed by atoms with E-state index in [2.05, 4.69) is 15.1 Å². The predicted molar refractivity (Wildman–Crippen MR) is 115 cm³/mol. The van der Waals surface area contributed by atoms with Crippen LogP contribution in [0.5, 0.6) is 0 Å². The van der Waals surface area contributed by atoms with E-state index >= 15 is 0 Å². The first-order valence-corrected chi connectivity index (χ1v) is 10.7. The molecule has 1 aromatic heterocycles. The van der Waals surface area contributed by atoms with Gasteiger partial charge in [-0.05, 0) is 26.3 Å². The molecule has 2 aliphatic heterocycles. The fraction of sp³-hybridized carbons (Fsp3) is 0.435. The number of ketones is 1. The molecule has 170 valence electrons. The Morgan fingerprint density at radius 3 is 2.59 bits per heavy atom. The molecule has 8 nitrogen and oxygen atoms in total. The minimum Gasteiger partial charge on any atom is -0.507 e. The molecule has 4 rings (SSSR count). The molecule has 0 radical (unpaired) electrons. The molecule has 1 atom stereocenters. The number of morpholine rings is 1. The second kappa shape index (κ2) is 9.22. The monoisotopic (exact) mass is 442 g/mol. The summed E-state index contributed by atoms with van der Waals surface area (Å²) in [6, 6.07) is 5.03. The van der Waals surface area contributed by atoms with E-state index in [4.69, 9.17) is 4.74 Å². The number of carbonyl (C=O) groups excluding carboxylic acids is 2. The van der Waals surface area contributed by atoms with E-state index in [9.17, 15) is 19.1 Å². The third-order valence-electron chi connectivity index (χ3n) is 6.08. The number of rotatable bonds is 6. The number of nitrogens with zero attached hydrogens (tertiary/aromatic N) is 3. The maximum Gasteiger partial charge on any atom is 0.295 e. The van der Waals surface area contributed by atoms with Gasteiger partial charge in [-0.1, -0.05) is 18.2 Å². The third kappa shape index (κ3) is 4.05. The van der Waals surface area contributed by atoms with E-state index in [0.717, 1.165) is 19.6 Å². The number of Topliss-reactive ketones (excluding diaryl/α,β-unsaturated/α-hetero) is 1. The van der Waals surface area contributed by atoms with Crippen molar-refractivity contribution in [2.24, 2.45) is 0 Å². The Bertz CT molecular complexity index is 1040. The first-order chi connectivity index (χ1) is 15.4. The van der Waals surface area contributed by atoms with Crippen molar-refractivity contribution < 1.29 is 23.8 Å². The topological polar surface area (TPSA) is 98.8 Å². The number of amides is 1. The Balaban J connectivity index is 1.71. The summed E-state index contributed by atoms with van der Waals surface area (Å²) in [5.41, 5.74) is 1.48. The normalized spacial score (nSPS) is 21.5. The molecular weight excluding hydrogens is 415 g/mol. The van der Waals surface area contributed by atoms with Gasteiger partial charge < -0.3 is 14.7 Å². The van der Waals surface area contributed by atoms with Gasteiger partial charge in [0.1, 0.15) is 11.6 Å². The summed E-state index contributed by atoms with van der Waals surface area (Å²) in [5.74, 6) is -2.43. The first-order valence-electron chi connectivity index (χ1n) is 10.7. The molecule has 2 fully saturated rings. The summed E-state index contributed by atoms with van der Waals surface area (Å²) in [7, 11) is 0. The second-order valence-electron chi connectivity index (χ2n) is 8.13. The highest BCUT2D eigenvalue weighted by Crippen LogP contribution is 2.41. The van der Waals surface area contributed by atoms with Crippen LogP contribution in [0.3, 0.4) is 0 Å². The molecule has 2 N–H and O–H groups in total. The van der Waals surface area contributed by atoms with Crippen LogP contribution in [0.25, 0.3) is 5.76 Å². The summed E-state index contributed by atoms with van der Waals surface area (Å²) < 4.78 is 20.2. The van der Waals surface area contributed by atoms with Crippen LogP contribution in [-0.4, -0.2) is 76.2 Å². The standard InChI is InChI=1S/C23H27FN4O4/c1-14-18(15(2)26-25-14)21(29)19-20(16-6-3-4-7-17(16)24)28(23(31)22(19)30)9-5-8-27-10-12-32-13-11-27/h3-4,6-7,20,29H,5,8-13H2,1-2H3,(H,25,26)/b21-19+/t20-/m1/s1. The molecule has 9 heteroatoms. The minimum absolute atomic E-state index is 0.112. The maximum atomic E-state index is 14.8. The lowest BCUT2D eigenvalue weighted by molar-refractivity contribution is -0.140. The number of H-pyrrole nitrogens is 1. The molecule has 0 unspecified atom stereocenters. The molecule has 1 aromatic carbocycles. The molecule has 0 saturated carbocycles. The van der Waals surface area contributed by atoms with Gasteiger partial charge in [0.05, 0.1) is 36.1 Å². The molecule has 1 amide bonds. The smallest absolute Gasteiger partial charge is 0.295 e. The Labute approximate surface area is 185 Å². The summed E-state index contributed by atoms with van der Waals surface area (Å²) in [6.07, 6.45) is 0.613. The van der Waals surface area contributed by atoms with Crippen LogP contribution in [0.15, 0.2) is 29.8 Å². The first kappa shape index (κ1) is 22.2. The van der Waals surface area contributed by atoms with E-state index in [1.807, 2.05) is 0 Å². The Hall–Kier alpha value is -3.04. The third-order valence-corrected chi connectivity index (χ3v) is 6.08. The van der Waals surface area contributed by atoms with E-state index in [-0.39, 0.29) is 23.4 Å². The number of aliphatic hydroxyl groups is 1. The summed E-state index contributed by atoms with van der Waals surface area (Å²) in [4.78, 5) is 29.6. The number of aromatic amines is 1. The largest absolute Gasteiger partial charge is 0.507 e. The molecular formula is C23H27FN4O4. The van der Waals surface area contributed by atoms with Gasteiger partial charge in [0.2, 0.25) is 0 Å². The highest BCUT2D eigenvalue weighted by Gasteiger charge is 2.47. The maximum absolute atomic E-state index is 14.8. The number of benzene rings is 1. The molecule has 0 aliphatic carbocycles. The van der Waals surface area contributed by atoms with Crippen LogP contribution in [0.2, 0.25) is 0 Å². The quantitative estimate of drug-likeness (QED) is 0.405.